The average Bonchev–Trinajstić information content (AvgIpc) is 3.21. The lowest BCUT2D eigenvalue weighted by molar-refractivity contribution is -0.124. The highest BCUT2D eigenvalue weighted by Gasteiger charge is 2.38. The van der Waals surface area contributed by atoms with Gasteiger partial charge in [0, 0.05) is 16.5 Å². The molecule has 1 N–H and O–H groups in total. The minimum Gasteiger partial charge on any atom is -0.349 e. The molecule has 0 radical (unpaired) electrons. The Morgan fingerprint density at radius 2 is 1.80 bits per heavy atom. The fourth-order valence-electron chi connectivity index (χ4n) is 2.93. The molecule has 3 rings (SSSR count). The van der Waals surface area contributed by atoms with Crippen molar-refractivity contribution in [1.82, 2.24) is 14.9 Å². The van der Waals surface area contributed by atoms with Gasteiger partial charge in [-0.1, -0.05) is 46.4 Å². The fraction of sp³-hybridized carbons (Fsp3) is 0.238. The van der Waals surface area contributed by atoms with E-state index in [1.807, 2.05) is 0 Å². The number of para-hydroxylation sites is 1. The Labute approximate surface area is 182 Å². The number of carbonyl (C=O) groups excluding carboxylic acids is 2. The van der Waals surface area contributed by atoms with Crippen LogP contribution in [0.2, 0.25) is 5.02 Å². The van der Waals surface area contributed by atoms with Gasteiger partial charge >= 0.3 is 0 Å². The minimum absolute atomic E-state index is 0.0322. The lowest BCUT2D eigenvalue weighted by Crippen LogP contribution is -2.50. The van der Waals surface area contributed by atoms with Crippen molar-refractivity contribution in [3.05, 3.63) is 76.0 Å². The molecule has 0 saturated carbocycles. The third-order valence-electron chi connectivity index (χ3n) is 4.11. The standard InChI is InChI=1S/C21H20ClFN4O2S/c1-21(2,3)24-19(28)18(13-8-4-6-10-15(13)23)27(17-11-7-5-9-14(17)22)20(29)16-12-30-26-25-16/h4-12,18H,1-3H3,(H,24,28)/t18-/m1/s1. The monoisotopic (exact) mass is 446 g/mol. The molecule has 0 aliphatic rings. The topological polar surface area (TPSA) is 75.2 Å². The first-order valence-corrected chi connectivity index (χ1v) is 10.3. The first-order valence-electron chi connectivity index (χ1n) is 9.10. The Balaban J connectivity index is 2.23. The number of carbonyl (C=O) groups is 2. The van der Waals surface area contributed by atoms with E-state index in [0.717, 1.165) is 11.5 Å². The maximum atomic E-state index is 14.8. The molecule has 2 aromatic carbocycles. The van der Waals surface area contributed by atoms with E-state index in [9.17, 15) is 14.0 Å². The molecule has 0 aliphatic heterocycles. The quantitative estimate of drug-likeness (QED) is 0.619. The lowest BCUT2D eigenvalue weighted by Gasteiger charge is -2.33. The molecule has 9 heteroatoms. The van der Waals surface area contributed by atoms with Crippen LogP contribution < -0.4 is 10.2 Å². The maximum absolute atomic E-state index is 14.8. The highest BCUT2D eigenvalue weighted by Crippen LogP contribution is 2.35. The molecular formula is C21H20ClFN4O2S. The van der Waals surface area contributed by atoms with Crippen LogP contribution in [0, 0.1) is 5.82 Å². The van der Waals surface area contributed by atoms with Gasteiger partial charge in [0.1, 0.15) is 11.9 Å². The van der Waals surface area contributed by atoms with Crippen LogP contribution in [0.1, 0.15) is 42.9 Å². The molecule has 1 heterocycles. The molecule has 0 bridgehead atoms. The summed E-state index contributed by atoms with van der Waals surface area (Å²) in [5.41, 5.74) is -0.284. The van der Waals surface area contributed by atoms with E-state index in [-0.39, 0.29) is 22.0 Å². The van der Waals surface area contributed by atoms with Crippen LogP contribution >= 0.6 is 23.1 Å². The predicted molar refractivity (Wildman–Crippen MR) is 115 cm³/mol. The van der Waals surface area contributed by atoms with Crippen molar-refractivity contribution in [3.63, 3.8) is 0 Å². The number of rotatable bonds is 5. The van der Waals surface area contributed by atoms with Crippen molar-refractivity contribution in [2.45, 2.75) is 32.4 Å². The molecule has 156 valence electrons. The zero-order valence-electron chi connectivity index (χ0n) is 16.6. The summed E-state index contributed by atoms with van der Waals surface area (Å²) in [7, 11) is 0. The van der Waals surface area contributed by atoms with Crippen LogP contribution in [0.3, 0.4) is 0 Å². The van der Waals surface area contributed by atoms with E-state index < -0.39 is 29.2 Å². The van der Waals surface area contributed by atoms with Crippen LogP contribution in [-0.2, 0) is 4.79 Å². The maximum Gasteiger partial charge on any atom is 0.280 e. The second-order valence-corrected chi connectivity index (χ2v) is 8.60. The van der Waals surface area contributed by atoms with Gasteiger partial charge in [-0.3, -0.25) is 14.5 Å². The van der Waals surface area contributed by atoms with Gasteiger partial charge in [-0.2, -0.15) is 0 Å². The highest BCUT2D eigenvalue weighted by atomic mass is 35.5. The van der Waals surface area contributed by atoms with Crippen LogP contribution in [-0.4, -0.2) is 26.9 Å². The number of hydrogen-bond acceptors (Lipinski definition) is 5. The van der Waals surface area contributed by atoms with Gasteiger partial charge in [-0.25, -0.2) is 4.39 Å². The van der Waals surface area contributed by atoms with Gasteiger partial charge in [-0.15, -0.1) is 5.10 Å². The van der Waals surface area contributed by atoms with Crippen molar-refractivity contribution in [3.8, 4) is 0 Å². The SMILES string of the molecule is CC(C)(C)NC(=O)[C@@H](c1ccccc1F)N(C(=O)c1csnn1)c1ccccc1Cl. The molecule has 3 aromatic rings. The van der Waals surface area contributed by atoms with Gasteiger partial charge < -0.3 is 5.32 Å². The summed E-state index contributed by atoms with van der Waals surface area (Å²) in [4.78, 5) is 28.0. The number of benzene rings is 2. The van der Waals surface area contributed by atoms with Crippen molar-refractivity contribution in [1.29, 1.82) is 0 Å². The summed E-state index contributed by atoms with van der Waals surface area (Å²) in [6.07, 6.45) is 0. The summed E-state index contributed by atoms with van der Waals surface area (Å²) >= 11 is 7.38. The molecule has 1 aromatic heterocycles. The average molecular weight is 447 g/mol. The van der Waals surface area contributed by atoms with Crippen molar-refractivity contribution < 1.29 is 14.0 Å². The molecular weight excluding hydrogens is 427 g/mol. The second-order valence-electron chi connectivity index (χ2n) is 7.58. The van der Waals surface area contributed by atoms with Gasteiger partial charge in [0.25, 0.3) is 5.91 Å². The van der Waals surface area contributed by atoms with Crippen molar-refractivity contribution in [2.75, 3.05) is 4.90 Å². The van der Waals surface area contributed by atoms with E-state index in [1.165, 1.54) is 28.5 Å². The van der Waals surface area contributed by atoms with Crippen LogP contribution in [0.4, 0.5) is 10.1 Å². The summed E-state index contributed by atoms with van der Waals surface area (Å²) in [5, 5.41) is 8.37. The minimum atomic E-state index is -1.32. The zero-order valence-corrected chi connectivity index (χ0v) is 18.2. The van der Waals surface area contributed by atoms with E-state index in [4.69, 9.17) is 11.6 Å². The lowest BCUT2D eigenvalue weighted by atomic mass is 10.00. The Morgan fingerprint density at radius 3 is 2.40 bits per heavy atom. The Hall–Kier alpha value is -2.84. The Bertz CT molecular complexity index is 1050. The predicted octanol–water partition coefficient (Wildman–Crippen LogP) is 4.63. The fourth-order valence-corrected chi connectivity index (χ4v) is 3.58. The van der Waals surface area contributed by atoms with Crippen molar-refractivity contribution in [2.24, 2.45) is 0 Å². The summed E-state index contributed by atoms with van der Waals surface area (Å²) in [6.45, 7) is 5.40. The van der Waals surface area contributed by atoms with Gasteiger partial charge in [-0.05, 0) is 50.5 Å². The van der Waals surface area contributed by atoms with E-state index >= 15 is 0 Å². The third kappa shape index (κ3) is 4.83. The summed E-state index contributed by atoms with van der Waals surface area (Å²) in [6, 6.07) is 11.1. The number of nitrogens with zero attached hydrogens (tertiary/aromatic N) is 3. The molecule has 0 unspecified atom stereocenters. The smallest absolute Gasteiger partial charge is 0.280 e. The highest BCUT2D eigenvalue weighted by molar-refractivity contribution is 7.03. The summed E-state index contributed by atoms with van der Waals surface area (Å²) < 4.78 is 18.6. The molecule has 6 nitrogen and oxygen atoms in total. The number of amides is 2. The zero-order chi connectivity index (χ0) is 21.9. The Kier molecular flexibility index (Phi) is 6.48. The molecule has 2 amide bonds. The molecule has 0 spiro atoms. The van der Waals surface area contributed by atoms with Crippen LogP contribution in [0.15, 0.2) is 53.9 Å². The first kappa shape index (κ1) is 21.9. The molecule has 0 fully saturated rings. The molecule has 0 saturated heterocycles. The first-order chi connectivity index (χ1) is 14.2. The van der Waals surface area contributed by atoms with E-state index in [2.05, 4.69) is 14.9 Å². The third-order valence-corrected chi connectivity index (χ3v) is 4.94. The Morgan fingerprint density at radius 1 is 1.13 bits per heavy atom. The second kappa shape index (κ2) is 8.89. The molecule has 0 aliphatic carbocycles. The van der Waals surface area contributed by atoms with Crippen LogP contribution in [0.25, 0.3) is 0 Å². The largest absolute Gasteiger partial charge is 0.349 e. The molecule has 1 atom stereocenters. The molecule has 30 heavy (non-hydrogen) atoms. The van der Waals surface area contributed by atoms with E-state index in [1.54, 1.807) is 51.1 Å². The van der Waals surface area contributed by atoms with Crippen LogP contribution in [0.5, 0.6) is 0 Å². The summed E-state index contributed by atoms with van der Waals surface area (Å²) in [5.74, 6) is -1.79. The number of anilines is 1. The van der Waals surface area contributed by atoms with E-state index in [0.29, 0.717) is 0 Å². The number of aromatic nitrogens is 2. The normalized spacial score (nSPS) is 12.3. The van der Waals surface area contributed by atoms with Gasteiger partial charge in [0.2, 0.25) is 5.91 Å². The number of hydrogen-bond donors (Lipinski definition) is 1. The van der Waals surface area contributed by atoms with Gasteiger partial charge in [0.15, 0.2) is 5.69 Å². The number of halogens is 2. The van der Waals surface area contributed by atoms with Crippen molar-refractivity contribution >= 4 is 40.6 Å². The van der Waals surface area contributed by atoms with Gasteiger partial charge in [0.05, 0.1) is 10.7 Å². The number of nitrogens with one attached hydrogen (secondary N) is 1.